The average molecular weight is 353 g/mol. The number of methoxy groups -OCH3 is 1. The first-order valence-electron chi connectivity index (χ1n) is 8.08. The summed E-state index contributed by atoms with van der Waals surface area (Å²) in [7, 11) is 1.61. The Morgan fingerprint density at radius 2 is 1.88 bits per heavy atom. The molecule has 0 aliphatic carbocycles. The monoisotopic (exact) mass is 353 g/mol. The quantitative estimate of drug-likeness (QED) is 0.509. The van der Waals surface area contributed by atoms with Crippen molar-refractivity contribution in [2.45, 2.75) is 19.4 Å². The van der Waals surface area contributed by atoms with Crippen LogP contribution in [0.15, 0.2) is 53.6 Å². The largest absolute Gasteiger partial charge is 0.497 e. The number of hydrogen-bond acceptors (Lipinski definition) is 5. The summed E-state index contributed by atoms with van der Waals surface area (Å²) >= 11 is 0. The average Bonchev–Trinajstić information content (AvgIpc) is 3.13. The lowest BCUT2D eigenvalue weighted by molar-refractivity contribution is -0.130. The van der Waals surface area contributed by atoms with Gasteiger partial charge in [0.25, 0.3) is 0 Å². The molecule has 1 aliphatic rings. The molecule has 0 radical (unpaired) electrons. The second-order valence-corrected chi connectivity index (χ2v) is 5.90. The first-order valence-corrected chi connectivity index (χ1v) is 8.08. The highest BCUT2D eigenvalue weighted by atomic mass is 16.5. The number of carbonyl (C=O) groups is 2. The van der Waals surface area contributed by atoms with Crippen molar-refractivity contribution < 1.29 is 19.5 Å². The standard InChI is InChI=1S/C19H19N3O4/c1-13(24)22-19(15-5-9-17(26-2)10-6-15)11-18(20-22)14-3-7-16(8-4-14)21(25)12-23/h3-10,12,19,25H,11H2,1-2H3. The van der Waals surface area contributed by atoms with E-state index in [1.54, 1.807) is 31.4 Å². The minimum absolute atomic E-state index is 0.139. The summed E-state index contributed by atoms with van der Waals surface area (Å²) < 4.78 is 5.18. The van der Waals surface area contributed by atoms with Crippen LogP contribution in [-0.2, 0) is 9.59 Å². The summed E-state index contributed by atoms with van der Waals surface area (Å²) in [5, 5.41) is 15.9. The SMILES string of the molecule is COc1ccc(C2CC(c3ccc(N(O)C=O)cc3)=NN2C(C)=O)cc1. The van der Waals surface area contributed by atoms with Gasteiger partial charge in [-0.25, -0.2) is 5.01 Å². The number of hydrogen-bond donors (Lipinski definition) is 1. The highest BCUT2D eigenvalue weighted by Gasteiger charge is 2.31. The maximum Gasteiger partial charge on any atom is 0.240 e. The molecule has 1 heterocycles. The van der Waals surface area contributed by atoms with E-state index >= 15 is 0 Å². The minimum Gasteiger partial charge on any atom is -0.497 e. The number of carbonyl (C=O) groups excluding carboxylic acids is 2. The third-order valence-electron chi connectivity index (χ3n) is 4.30. The lowest BCUT2D eigenvalue weighted by Gasteiger charge is -2.20. The molecule has 0 fully saturated rings. The molecule has 0 aromatic heterocycles. The van der Waals surface area contributed by atoms with Gasteiger partial charge < -0.3 is 4.74 Å². The van der Waals surface area contributed by atoms with E-state index in [2.05, 4.69) is 5.10 Å². The molecule has 7 nitrogen and oxygen atoms in total. The van der Waals surface area contributed by atoms with Crippen LogP contribution in [0.1, 0.15) is 30.5 Å². The van der Waals surface area contributed by atoms with E-state index < -0.39 is 0 Å². The third kappa shape index (κ3) is 3.43. The zero-order valence-corrected chi connectivity index (χ0v) is 14.5. The summed E-state index contributed by atoms with van der Waals surface area (Å²) in [5.41, 5.74) is 2.93. The van der Waals surface area contributed by atoms with E-state index in [-0.39, 0.29) is 11.9 Å². The summed E-state index contributed by atoms with van der Waals surface area (Å²) in [6, 6.07) is 14.1. The molecular formula is C19H19N3O4. The second-order valence-electron chi connectivity index (χ2n) is 5.90. The van der Waals surface area contributed by atoms with Crippen LogP contribution in [0.4, 0.5) is 5.69 Å². The van der Waals surface area contributed by atoms with Crippen molar-refractivity contribution >= 4 is 23.7 Å². The third-order valence-corrected chi connectivity index (χ3v) is 4.30. The number of rotatable bonds is 5. The van der Waals surface area contributed by atoms with Crippen molar-refractivity contribution in [3.63, 3.8) is 0 Å². The van der Waals surface area contributed by atoms with E-state index in [0.717, 1.165) is 22.6 Å². The molecule has 0 saturated carbocycles. The summed E-state index contributed by atoms with van der Waals surface area (Å²) in [4.78, 5) is 22.6. The highest BCUT2D eigenvalue weighted by Crippen LogP contribution is 2.33. The van der Waals surface area contributed by atoms with Gasteiger partial charge in [0.1, 0.15) is 5.75 Å². The minimum atomic E-state index is -0.183. The Hall–Kier alpha value is -3.19. The van der Waals surface area contributed by atoms with Gasteiger partial charge in [-0.05, 0) is 35.4 Å². The van der Waals surface area contributed by atoms with Crippen LogP contribution in [0, 0.1) is 0 Å². The Morgan fingerprint density at radius 3 is 2.42 bits per heavy atom. The molecule has 26 heavy (non-hydrogen) atoms. The summed E-state index contributed by atoms with van der Waals surface area (Å²) in [5.74, 6) is 0.613. The highest BCUT2D eigenvalue weighted by molar-refractivity contribution is 6.03. The van der Waals surface area contributed by atoms with Crippen molar-refractivity contribution in [3.05, 3.63) is 59.7 Å². The Kier molecular flexibility index (Phi) is 4.99. The molecule has 0 spiro atoms. The van der Waals surface area contributed by atoms with Crippen LogP contribution in [0.25, 0.3) is 0 Å². The van der Waals surface area contributed by atoms with Crippen molar-refractivity contribution in [2.24, 2.45) is 5.10 Å². The van der Waals surface area contributed by atoms with Crippen LogP contribution in [-0.4, -0.2) is 35.4 Å². The number of amides is 2. The van der Waals surface area contributed by atoms with Crippen LogP contribution in [0.5, 0.6) is 5.75 Å². The lowest BCUT2D eigenvalue weighted by Crippen LogP contribution is -2.24. The van der Waals surface area contributed by atoms with Crippen LogP contribution >= 0.6 is 0 Å². The van der Waals surface area contributed by atoms with Gasteiger partial charge in [-0.2, -0.15) is 10.2 Å². The molecule has 2 aromatic rings. The normalized spacial score (nSPS) is 16.2. The second kappa shape index (κ2) is 7.37. The lowest BCUT2D eigenvalue weighted by atomic mass is 9.98. The maximum absolute atomic E-state index is 12.0. The Bertz CT molecular complexity index is 831. The van der Waals surface area contributed by atoms with Gasteiger partial charge in [-0.1, -0.05) is 24.3 Å². The van der Waals surface area contributed by atoms with Crippen molar-refractivity contribution in [3.8, 4) is 5.75 Å². The molecule has 0 bridgehead atoms. The number of hydroxylamine groups is 1. The van der Waals surface area contributed by atoms with Crippen molar-refractivity contribution in [2.75, 3.05) is 12.2 Å². The van der Waals surface area contributed by atoms with Gasteiger partial charge in [0, 0.05) is 13.3 Å². The number of ether oxygens (including phenoxy) is 1. The van der Waals surface area contributed by atoms with Gasteiger partial charge in [0.05, 0.1) is 24.6 Å². The van der Waals surface area contributed by atoms with Gasteiger partial charge >= 0.3 is 0 Å². The first-order chi connectivity index (χ1) is 12.5. The van der Waals surface area contributed by atoms with Crippen molar-refractivity contribution in [1.82, 2.24) is 5.01 Å². The molecule has 2 aromatic carbocycles. The first kappa shape index (κ1) is 17.6. The van der Waals surface area contributed by atoms with Crippen LogP contribution in [0.2, 0.25) is 0 Å². The fourth-order valence-corrected chi connectivity index (χ4v) is 2.93. The fourth-order valence-electron chi connectivity index (χ4n) is 2.93. The molecule has 7 heteroatoms. The van der Waals surface area contributed by atoms with Gasteiger partial charge in [-0.3, -0.25) is 14.8 Å². The number of nitrogens with zero attached hydrogens (tertiary/aromatic N) is 3. The molecule has 1 aliphatic heterocycles. The van der Waals surface area contributed by atoms with E-state index in [4.69, 9.17) is 4.74 Å². The van der Waals surface area contributed by atoms with E-state index in [9.17, 15) is 14.8 Å². The molecule has 1 atom stereocenters. The molecular weight excluding hydrogens is 334 g/mol. The number of anilines is 1. The molecule has 134 valence electrons. The predicted molar refractivity (Wildman–Crippen MR) is 96.2 cm³/mol. The zero-order valence-electron chi connectivity index (χ0n) is 14.5. The smallest absolute Gasteiger partial charge is 0.240 e. The Labute approximate surface area is 151 Å². The van der Waals surface area contributed by atoms with Gasteiger partial charge in [0.15, 0.2) is 0 Å². The maximum atomic E-state index is 12.0. The summed E-state index contributed by atoms with van der Waals surface area (Å²) in [6.07, 6.45) is 0.890. The number of hydrazone groups is 1. The molecule has 2 amide bonds. The predicted octanol–water partition coefficient (Wildman–Crippen LogP) is 2.74. The molecule has 3 rings (SSSR count). The van der Waals surface area contributed by atoms with Crippen molar-refractivity contribution in [1.29, 1.82) is 0 Å². The van der Waals surface area contributed by atoms with Crippen LogP contribution < -0.4 is 9.80 Å². The zero-order chi connectivity index (χ0) is 18.7. The Morgan fingerprint density at radius 1 is 1.23 bits per heavy atom. The topological polar surface area (TPSA) is 82.4 Å². The summed E-state index contributed by atoms with van der Waals surface area (Å²) in [6.45, 7) is 1.49. The van der Waals surface area contributed by atoms with E-state index in [1.807, 2.05) is 24.3 Å². The van der Waals surface area contributed by atoms with Gasteiger partial charge in [0.2, 0.25) is 12.3 Å². The van der Waals surface area contributed by atoms with Gasteiger partial charge in [-0.15, -0.1) is 0 Å². The number of benzene rings is 2. The van der Waals surface area contributed by atoms with Crippen LogP contribution in [0.3, 0.4) is 0 Å². The van der Waals surface area contributed by atoms with E-state index in [1.165, 1.54) is 11.9 Å². The molecule has 1 N–H and O–H groups in total. The molecule has 1 unspecified atom stereocenters. The van der Waals surface area contributed by atoms with E-state index in [0.29, 0.717) is 23.6 Å². The Balaban J connectivity index is 1.86. The fraction of sp³-hybridized carbons (Fsp3) is 0.211. The molecule has 0 saturated heterocycles.